The summed E-state index contributed by atoms with van der Waals surface area (Å²) in [5.74, 6) is 0.401. The minimum atomic E-state index is -0.803. The summed E-state index contributed by atoms with van der Waals surface area (Å²) in [6.45, 7) is 0. The minimum absolute atomic E-state index is 0.230. The molecule has 1 aliphatic carbocycles. The van der Waals surface area contributed by atoms with Gasteiger partial charge in [-0.1, -0.05) is 12.1 Å². The van der Waals surface area contributed by atoms with Crippen molar-refractivity contribution in [1.29, 1.82) is 0 Å². The summed E-state index contributed by atoms with van der Waals surface area (Å²) in [5.41, 5.74) is 0.810. The van der Waals surface area contributed by atoms with E-state index >= 15 is 0 Å². The monoisotopic (exact) mass is 247 g/mol. The minimum Gasteiger partial charge on any atom is -0.389 e. The van der Waals surface area contributed by atoms with E-state index in [0.717, 1.165) is 19.1 Å². The lowest BCUT2D eigenvalue weighted by atomic mass is 9.75. The SMILES string of the molecule is O=CCC1(O)CCC(c2ccc(N=O)cc2)CC1. The van der Waals surface area contributed by atoms with Crippen LogP contribution < -0.4 is 0 Å². The van der Waals surface area contributed by atoms with Gasteiger partial charge in [-0.2, -0.15) is 0 Å². The standard InChI is InChI=1S/C14H17NO3/c16-10-9-14(17)7-5-12(6-8-14)11-1-3-13(15-18)4-2-11/h1-4,10,12,17H,5-9H2. The van der Waals surface area contributed by atoms with Gasteiger partial charge in [0.15, 0.2) is 0 Å². The van der Waals surface area contributed by atoms with Crippen molar-refractivity contribution in [2.45, 2.75) is 43.6 Å². The van der Waals surface area contributed by atoms with Gasteiger partial charge in [0, 0.05) is 6.42 Å². The zero-order valence-electron chi connectivity index (χ0n) is 10.2. The molecule has 0 saturated heterocycles. The Morgan fingerprint density at radius 3 is 2.39 bits per heavy atom. The quantitative estimate of drug-likeness (QED) is 0.656. The van der Waals surface area contributed by atoms with Gasteiger partial charge < -0.3 is 9.90 Å². The number of carbonyl (C=O) groups is 1. The van der Waals surface area contributed by atoms with Crippen molar-refractivity contribution in [2.75, 3.05) is 0 Å². The van der Waals surface area contributed by atoms with Gasteiger partial charge >= 0.3 is 0 Å². The fraction of sp³-hybridized carbons (Fsp3) is 0.500. The lowest BCUT2D eigenvalue weighted by Crippen LogP contribution is -2.33. The predicted octanol–water partition coefficient (Wildman–Crippen LogP) is 3.06. The molecular formula is C14H17NO3. The number of nitroso groups, excluding NO2 is 1. The zero-order chi connectivity index (χ0) is 13.0. The Hall–Kier alpha value is -1.55. The number of nitrogens with zero attached hydrogens (tertiary/aromatic N) is 1. The summed E-state index contributed by atoms with van der Waals surface area (Å²) in [4.78, 5) is 20.8. The van der Waals surface area contributed by atoms with Crippen LogP contribution in [0.1, 0.15) is 43.6 Å². The fourth-order valence-corrected chi connectivity index (χ4v) is 2.66. The Bertz CT molecular complexity index is 419. The van der Waals surface area contributed by atoms with E-state index in [9.17, 15) is 14.8 Å². The molecule has 1 fully saturated rings. The first-order valence-electron chi connectivity index (χ1n) is 6.26. The molecule has 1 aliphatic rings. The van der Waals surface area contributed by atoms with Crippen LogP contribution in [0.15, 0.2) is 29.4 Å². The predicted molar refractivity (Wildman–Crippen MR) is 68.7 cm³/mol. The van der Waals surface area contributed by atoms with Crippen LogP contribution in [0.25, 0.3) is 0 Å². The molecule has 0 atom stereocenters. The summed E-state index contributed by atoms with van der Waals surface area (Å²) in [5, 5.41) is 13.0. The molecule has 1 saturated carbocycles. The molecular weight excluding hydrogens is 230 g/mol. The second-order valence-corrected chi connectivity index (χ2v) is 5.05. The number of rotatable bonds is 4. The van der Waals surface area contributed by atoms with Gasteiger partial charge in [0.25, 0.3) is 0 Å². The molecule has 0 amide bonds. The van der Waals surface area contributed by atoms with E-state index in [1.165, 1.54) is 5.56 Å². The summed E-state index contributed by atoms with van der Waals surface area (Å²) in [6, 6.07) is 7.28. The van der Waals surface area contributed by atoms with E-state index in [1.54, 1.807) is 12.1 Å². The number of hydrogen-bond donors (Lipinski definition) is 1. The van der Waals surface area contributed by atoms with Crippen molar-refractivity contribution in [2.24, 2.45) is 5.18 Å². The highest BCUT2D eigenvalue weighted by Crippen LogP contribution is 2.39. The normalized spacial score (nSPS) is 27.7. The fourth-order valence-electron chi connectivity index (χ4n) is 2.66. The maximum absolute atomic E-state index is 10.5. The highest BCUT2D eigenvalue weighted by atomic mass is 16.3. The Balaban J connectivity index is 2.00. The number of aliphatic hydroxyl groups is 1. The lowest BCUT2D eigenvalue weighted by molar-refractivity contribution is -0.113. The highest BCUT2D eigenvalue weighted by Gasteiger charge is 2.33. The molecule has 0 aromatic heterocycles. The molecule has 0 heterocycles. The molecule has 2 rings (SSSR count). The molecule has 4 heteroatoms. The third-order valence-electron chi connectivity index (χ3n) is 3.85. The van der Waals surface area contributed by atoms with Crippen molar-refractivity contribution in [3.8, 4) is 0 Å². The van der Waals surface area contributed by atoms with Crippen molar-refractivity contribution >= 4 is 12.0 Å². The summed E-state index contributed by atoms with van der Waals surface area (Å²) in [7, 11) is 0. The van der Waals surface area contributed by atoms with Crippen LogP contribution in [0.3, 0.4) is 0 Å². The third kappa shape index (κ3) is 2.82. The third-order valence-corrected chi connectivity index (χ3v) is 3.85. The molecule has 0 aliphatic heterocycles. The molecule has 1 aromatic carbocycles. The molecule has 1 aromatic rings. The van der Waals surface area contributed by atoms with Crippen LogP contribution in [-0.4, -0.2) is 17.0 Å². The first-order chi connectivity index (χ1) is 8.67. The van der Waals surface area contributed by atoms with Crippen LogP contribution in [0.2, 0.25) is 0 Å². The van der Waals surface area contributed by atoms with E-state index in [0.29, 0.717) is 24.4 Å². The molecule has 0 radical (unpaired) electrons. The van der Waals surface area contributed by atoms with Crippen LogP contribution in [0.4, 0.5) is 5.69 Å². The Morgan fingerprint density at radius 2 is 1.89 bits per heavy atom. The van der Waals surface area contributed by atoms with Gasteiger partial charge in [-0.15, -0.1) is 4.91 Å². The molecule has 96 valence electrons. The van der Waals surface area contributed by atoms with Gasteiger partial charge in [-0.3, -0.25) is 0 Å². The largest absolute Gasteiger partial charge is 0.389 e. The Morgan fingerprint density at radius 1 is 1.28 bits per heavy atom. The topological polar surface area (TPSA) is 66.7 Å². The van der Waals surface area contributed by atoms with Gasteiger partial charge in [-0.25, -0.2) is 0 Å². The Labute approximate surface area is 106 Å². The summed E-state index contributed by atoms with van der Waals surface area (Å²) in [6.07, 6.45) is 4.09. The van der Waals surface area contributed by atoms with Crippen molar-refractivity contribution in [3.05, 3.63) is 34.7 Å². The smallest absolute Gasteiger partial charge is 0.122 e. The summed E-state index contributed by atoms with van der Waals surface area (Å²) < 4.78 is 0. The Kier molecular flexibility index (Phi) is 3.87. The average molecular weight is 247 g/mol. The van der Waals surface area contributed by atoms with E-state index in [2.05, 4.69) is 5.18 Å². The average Bonchev–Trinajstić information content (AvgIpc) is 2.40. The molecule has 4 nitrogen and oxygen atoms in total. The second-order valence-electron chi connectivity index (χ2n) is 5.05. The van der Waals surface area contributed by atoms with Crippen LogP contribution in [0.5, 0.6) is 0 Å². The van der Waals surface area contributed by atoms with Crippen LogP contribution in [0, 0.1) is 4.91 Å². The van der Waals surface area contributed by atoms with E-state index in [-0.39, 0.29) is 6.42 Å². The first kappa shape index (κ1) is 12.9. The van der Waals surface area contributed by atoms with Crippen molar-refractivity contribution in [1.82, 2.24) is 0 Å². The molecule has 1 N–H and O–H groups in total. The molecule has 0 spiro atoms. The van der Waals surface area contributed by atoms with Crippen molar-refractivity contribution < 1.29 is 9.90 Å². The van der Waals surface area contributed by atoms with Crippen LogP contribution in [-0.2, 0) is 4.79 Å². The number of aldehydes is 1. The van der Waals surface area contributed by atoms with E-state index < -0.39 is 5.60 Å². The van der Waals surface area contributed by atoms with Crippen LogP contribution >= 0.6 is 0 Å². The maximum Gasteiger partial charge on any atom is 0.122 e. The van der Waals surface area contributed by atoms with Gasteiger partial charge in [0.1, 0.15) is 12.0 Å². The first-order valence-corrected chi connectivity index (χ1v) is 6.26. The molecule has 18 heavy (non-hydrogen) atoms. The van der Waals surface area contributed by atoms with Gasteiger partial charge in [-0.05, 0) is 54.5 Å². The van der Waals surface area contributed by atoms with Gasteiger partial charge in [0.05, 0.1) is 5.60 Å². The van der Waals surface area contributed by atoms with Crippen molar-refractivity contribution in [3.63, 3.8) is 0 Å². The summed E-state index contributed by atoms with van der Waals surface area (Å²) >= 11 is 0. The number of benzene rings is 1. The van der Waals surface area contributed by atoms with E-state index in [4.69, 9.17) is 0 Å². The van der Waals surface area contributed by atoms with E-state index in [1.807, 2.05) is 12.1 Å². The number of hydrogen-bond acceptors (Lipinski definition) is 4. The number of carbonyl (C=O) groups excluding carboxylic acids is 1. The lowest BCUT2D eigenvalue weighted by Gasteiger charge is -2.35. The highest BCUT2D eigenvalue weighted by molar-refractivity contribution is 5.51. The maximum atomic E-state index is 10.5. The van der Waals surface area contributed by atoms with Gasteiger partial charge in [0.2, 0.25) is 0 Å². The zero-order valence-corrected chi connectivity index (χ0v) is 10.2. The molecule has 0 unspecified atom stereocenters. The molecule has 0 bridgehead atoms. The second kappa shape index (κ2) is 5.40.